The van der Waals surface area contributed by atoms with Gasteiger partial charge in [-0.15, -0.1) is 6.58 Å². The summed E-state index contributed by atoms with van der Waals surface area (Å²) in [7, 11) is 0. The molecule has 0 amide bonds. The molecular formula is C20H26O7. The van der Waals surface area contributed by atoms with Gasteiger partial charge in [-0.05, 0) is 17.4 Å². The molecule has 0 bridgehead atoms. The monoisotopic (exact) mass is 378 g/mol. The fourth-order valence-corrected chi connectivity index (χ4v) is 3.96. The molecule has 3 N–H and O–H groups in total. The Labute approximate surface area is 158 Å². The predicted molar refractivity (Wildman–Crippen MR) is 97.3 cm³/mol. The first-order valence-corrected chi connectivity index (χ1v) is 8.61. The van der Waals surface area contributed by atoms with Gasteiger partial charge in [0.2, 0.25) is 0 Å². The van der Waals surface area contributed by atoms with E-state index in [0.29, 0.717) is 5.57 Å². The topological polar surface area (TPSA) is 113 Å². The normalized spacial score (nSPS) is 33.6. The Hall–Kier alpha value is -2.22. The van der Waals surface area contributed by atoms with Crippen molar-refractivity contribution in [2.75, 3.05) is 13.2 Å². The van der Waals surface area contributed by atoms with Gasteiger partial charge in [-0.25, -0.2) is 9.59 Å². The van der Waals surface area contributed by atoms with Crippen LogP contribution < -0.4 is 0 Å². The van der Waals surface area contributed by atoms with Crippen molar-refractivity contribution in [1.29, 1.82) is 0 Å². The summed E-state index contributed by atoms with van der Waals surface area (Å²) in [6.07, 6.45) is -0.980. The van der Waals surface area contributed by atoms with Crippen LogP contribution in [0.25, 0.3) is 0 Å². The van der Waals surface area contributed by atoms with Crippen molar-refractivity contribution in [2.24, 2.45) is 17.3 Å². The number of aliphatic hydroxyl groups excluding tert-OH is 3. The van der Waals surface area contributed by atoms with Gasteiger partial charge in [0.25, 0.3) is 0 Å². The zero-order valence-corrected chi connectivity index (χ0v) is 15.4. The van der Waals surface area contributed by atoms with Gasteiger partial charge in [-0.2, -0.15) is 0 Å². The van der Waals surface area contributed by atoms with E-state index < -0.39 is 54.1 Å². The Kier molecular flexibility index (Phi) is 6.09. The minimum Gasteiger partial charge on any atom is -0.458 e. The van der Waals surface area contributed by atoms with Gasteiger partial charge < -0.3 is 24.8 Å². The SMILES string of the molecule is C=C[C@]1(C)C[C@H](OC(=O)C(=C)C(O)CO)[C@H]2C(=C)C(=O)O[C@@H]2[C@H]1C(=C)CO. The van der Waals surface area contributed by atoms with Crippen molar-refractivity contribution in [1.82, 2.24) is 0 Å². The highest BCUT2D eigenvalue weighted by atomic mass is 16.6. The predicted octanol–water partition coefficient (Wildman–Crippen LogP) is 0.666. The lowest BCUT2D eigenvalue weighted by atomic mass is 9.59. The number of carbonyl (C=O) groups excluding carboxylic acids is 2. The zero-order valence-electron chi connectivity index (χ0n) is 15.4. The molecule has 2 fully saturated rings. The molecule has 0 aromatic heterocycles. The van der Waals surface area contributed by atoms with E-state index in [1.165, 1.54) is 0 Å². The molecule has 148 valence electrons. The number of allylic oxidation sites excluding steroid dienone is 1. The maximum Gasteiger partial charge on any atom is 0.336 e. The molecule has 1 saturated heterocycles. The lowest BCUT2D eigenvalue weighted by Gasteiger charge is -2.48. The van der Waals surface area contributed by atoms with Crippen molar-refractivity contribution < 1.29 is 34.4 Å². The summed E-state index contributed by atoms with van der Waals surface area (Å²) < 4.78 is 11.0. The van der Waals surface area contributed by atoms with E-state index in [1.807, 2.05) is 6.92 Å². The van der Waals surface area contributed by atoms with Crippen LogP contribution in [-0.2, 0) is 19.1 Å². The van der Waals surface area contributed by atoms with Crippen LogP contribution in [0, 0.1) is 17.3 Å². The van der Waals surface area contributed by atoms with E-state index in [0.717, 1.165) is 0 Å². The molecule has 2 rings (SSSR count). The molecule has 7 heteroatoms. The van der Waals surface area contributed by atoms with E-state index in [4.69, 9.17) is 14.6 Å². The molecule has 7 nitrogen and oxygen atoms in total. The zero-order chi connectivity index (χ0) is 20.5. The second kappa shape index (κ2) is 7.80. The van der Waals surface area contributed by atoms with Gasteiger partial charge in [0.15, 0.2) is 0 Å². The van der Waals surface area contributed by atoms with Crippen LogP contribution in [0.3, 0.4) is 0 Å². The molecular weight excluding hydrogens is 352 g/mol. The minimum absolute atomic E-state index is 0.174. The molecule has 0 aromatic rings. The first kappa shape index (κ1) is 21.1. The van der Waals surface area contributed by atoms with Crippen LogP contribution in [0.5, 0.6) is 0 Å². The van der Waals surface area contributed by atoms with E-state index in [1.54, 1.807) is 6.08 Å². The molecule has 1 aliphatic carbocycles. The fourth-order valence-electron chi connectivity index (χ4n) is 3.96. The smallest absolute Gasteiger partial charge is 0.336 e. The standard InChI is InChI=1S/C20H26O7/c1-6-20(5)7-14(26-18(24)11(3)13(23)9-22)15-12(4)19(25)27-17(15)16(20)10(2)8-21/h6,13-17,21-23H,1-4,7-9H2,5H3/t13?,14-,15+,16+,17-,20+/m0/s1. The van der Waals surface area contributed by atoms with Crippen molar-refractivity contribution in [2.45, 2.75) is 31.7 Å². The van der Waals surface area contributed by atoms with Crippen molar-refractivity contribution in [3.63, 3.8) is 0 Å². The summed E-state index contributed by atoms with van der Waals surface area (Å²) in [5, 5.41) is 28.2. The average molecular weight is 378 g/mol. The van der Waals surface area contributed by atoms with Crippen LogP contribution in [0.2, 0.25) is 0 Å². The summed E-state index contributed by atoms with van der Waals surface area (Å²) in [5.41, 5.74) is -0.298. The van der Waals surface area contributed by atoms with Crippen molar-refractivity contribution >= 4 is 11.9 Å². The van der Waals surface area contributed by atoms with Crippen LogP contribution in [0.4, 0.5) is 0 Å². The molecule has 0 spiro atoms. The van der Waals surface area contributed by atoms with Crippen LogP contribution in [0.1, 0.15) is 13.3 Å². The van der Waals surface area contributed by atoms with Gasteiger partial charge in [0.05, 0.1) is 24.7 Å². The number of carbonyl (C=O) groups is 2. The van der Waals surface area contributed by atoms with E-state index >= 15 is 0 Å². The highest BCUT2D eigenvalue weighted by molar-refractivity contribution is 5.92. The fraction of sp³-hybridized carbons (Fsp3) is 0.500. The molecule has 0 radical (unpaired) electrons. The van der Waals surface area contributed by atoms with E-state index in [-0.39, 0.29) is 24.2 Å². The van der Waals surface area contributed by atoms with Crippen LogP contribution in [0.15, 0.2) is 49.1 Å². The number of fused-ring (bicyclic) bond motifs is 1. The highest BCUT2D eigenvalue weighted by Crippen LogP contribution is 2.53. The molecule has 1 saturated carbocycles. The number of rotatable bonds is 7. The molecule has 0 aromatic carbocycles. The first-order valence-electron chi connectivity index (χ1n) is 8.61. The summed E-state index contributed by atoms with van der Waals surface area (Å²) in [5.74, 6) is -2.51. The minimum atomic E-state index is -1.44. The second-order valence-corrected chi connectivity index (χ2v) is 7.30. The molecule has 1 aliphatic heterocycles. The third-order valence-corrected chi connectivity index (χ3v) is 5.55. The Morgan fingerprint density at radius 1 is 1.44 bits per heavy atom. The maximum atomic E-state index is 12.3. The average Bonchev–Trinajstić information content (AvgIpc) is 2.94. The third kappa shape index (κ3) is 3.63. The van der Waals surface area contributed by atoms with Crippen molar-refractivity contribution in [3.05, 3.63) is 49.1 Å². The number of aliphatic hydroxyl groups is 3. The molecule has 27 heavy (non-hydrogen) atoms. The van der Waals surface area contributed by atoms with Crippen LogP contribution >= 0.6 is 0 Å². The largest absolute Gasteiger partial charge is 0.458 e. The van der Waals surface area contributed by atoms with Crippen molar-refractivity contribution in [3.8, 4) is 0 Å². The van der Waals surface area contributed by atoms with Gasteiger partial charge in [0.1, 0.15) is 18.3 Å². The first-order chi connectivity index (χ1) is 12.6. The Balaban J connectivity index is 2.39. The van der Waals surface area contributed by atoms with Gasteiger partial charge in [0, 0.05) is 11.5 Å². The number of hydrogen-bond donors (Lipinski definition) is 3. The lowest BCUT2D eigenvalue weighted by molar-refractivity contribution is -0.160. The summed E-state index contributed by atoms with van der Waals surface area (Å²) in [4.78, 5) is 24.5. The Morgan fingerprint density at radius 2 is 2.07 bits per heavy atom. The number of esters is 2. The molecule has 1 heterocycles. The maximum absolute atomic E-state index is 12.3. The van der Waals surface area contributed by atoms with Gasteiger partial charge in [-0.1, -0.05) is 32.7 Å². The molecule has 1 unspecified atom stereocenters. The Morgan fingerprint density at radius 3 is 2.59 bits per heavy atom. The summed E-state index contributed by atoms with van der Waals surface area (Å²) >= 11 is 0. The quantitative estimate of drug-likeness (QED) is 0.339. The number of ether oxygens (including phenoxy) is 2. The van der Waals surface area contributed by atoms with Gasteiger partial charge >= 0.3 is 11.9 Å². The summed E-state index contributed by atoms with van der Waals surface area (Å²) in [6.45, 7) is 15.9. The third-order valence-electron chi connectivity index (χ3n) is 5.55. The van der Waals surface area contributed by atoms with Crippen LogP contribution in [-0.4, -0.2) is 58.8 Å². The molecule has 2 aliphatic rings. The van der Waals surface area contributed by atoms with E-state index in [2.05, 4.69) is 26.3 Å². The lowest BCUT2D eigenvalue weighted by Crippen LogP contribution is -2.52. The molecule has 6 atom stereocenters. The Bertz CT molecular complexity index is 694. The van der Waals surface area contributed by atoms with E-state index in [9.17, 15) is 19.8 Å². The summed E-state index contributed by atoms with van der Waals surface area (Å²) in [6, 6.07) is 0. The van der Waals surface area contributed by atoms with Gasteiger partial charge in [-0.3, -0.25) is 0 Å². The number of hydrogen-bond acceptors (Lipinski definition) is 7. The highest BCUT2D eigenvalue weighted by Gasteiger charge is 2.58. The second-order valence-electron chi connectivity index (χ2n) is 7.30.